The van der Waals surface area contributed by atoms with E-state index >= 15 is 0 Å². The molecule has 45 heavy (non-hydrogen) atoms. The third-order valence-corrected chi connectivity index (χ3v) is 11.3. The molecule has 2 amide bonds. The minimum Gasteiger partial charge on any atom is -0.504 e. The summed E-state index contributed by atoms with van der Waals surface area (Å²) in [5, 5.41) is 10.2. The van der Waals surface area contributed by atoms with Crippen molar-refractivity contribution < 1.29 is 24.2 Å². The van der Waals surface area contributed by atoms with Crippen molar-refractivity contribution >= 4 is 40.5 Å². The number of phenolic OH excluding ortho intramolecular Hbond substituents is 1. The maximum Gasteiger partial charge on any atom is 0.234 e. The van der Waals surface area contributed by atoms with E-state index in [1.165, 1.54) is 22.3 Å². The Morgan fingerprint density at radius 2 is 1.84 bits per heavy atom. The zero-order valence-electron chi connectivity index (χ0n) is 26.6. The smallest absolute Gasteiger partial charge is 0.234 e. The molecule has 0 unspecified atom stereocenters. The number of halogens is 1. The quantitative estimate of drug-likeness (QED) is 0.162. The molecule has 3 heterocycles. The minimum absolute atomic E-state index is 0.000291. The number of fused-ring (bicyclic) bond motifs is 3. The lowest BCUT2D eigenvalue weighted by molar-refractivity contribution is -0.144. The second-order valence-corrected chi connectivity index (χ2v) is 14.1. The molecule has 2 aromatic carbocycles. The summed E-state index contributed by atoms with van der Waals surface area (Å²) in [6, 6.07) is 14.3. The number of nitrogens with zero attached hydrogens (tertiary/aromatic N) is 2. The van der Waals surface area contributed by atoms with Gasteiger partial charge >= 0.3 is 0 Å². The number of carbonyl (C=O) groups excluding carboxylic acids is 2. The largest absolute Gasteiger partial charge is 0.504 e. The first-order valence-electron chi connectivity index (χ1n) is 16.5. The Morgan fingerprint density at radius 3 is 2.53 bits per heavy atom. The number of rotatable bonds is 10. The zero-order valence-corrected chi connectivity index (χ0v) is 28.8. The van der Waals surface area contributed by atoms with Gasteiger partial charge in [0, 0.05) is 31.6 Å². The van der Waals surface area contributed by atoms with Crippen LogP contribution >= 0.6 is 22.6 Å². The highest BCUT2D eigenvalue weighted by Gasteiger charge is 2.58. The summed E-state index contributed by atoms with van der Waals surface area (Å²) >= 11 is 2.13. The zero-order chi connectivity index (χ0) is 31.7. The number of methoxy groups -OCH3 is 1. The van der Waals surface area contributed by atoms with Crippen LogP contribution in [0, 0.1) is 21.3 Å². The lowest BCUT2D eigenvalue weighted by Gasteiger charge is -2.36. The van der Waals surface area contributed by atoms with Crippen LogP contribution in [0.5, 0.6) is 11.5 Å². The summed E-state index contributed by atoms with van der Waals surface area (Å²) in [4.78, 5) is 32.0. The van der Waals surface area contributed by atoms with Gasteiger partial charge in [-0.25, -0.2) is 0 Å². The van der Waals surface area contributed by atoms with E-state index in [4.69, 9.17) is 9.47 Å². The monoisotopic (exact) mass is 724 g/mol. The van der Waals surface area contributed by atoms with Gasteiger partial charge < -0.3 is 14.6 Å². The molecule has 3 saturated heterocycles. The molecule has 6 rings (SSSR count). The predicted molar refractivity (Wildman–Crippen MR) is 184 cm³/mol. The number of hydrogen-bond acceptors (Lipinski definition) is 6. The van der Waals surface area contributed by atoms with Crippen molar-refractivity contribution in [1.29, 1.82) is 0 Å². The first kappa shape index (κ1) is 32.3. The van der Waals surface area contributed by atoms with E-state index in [2.05, 4.69) is 71.7 Å². The molecule has 0 aromatic heterocycles. The van der Waals surface area contributed by atoms with Gasteiger partial charge in [-0.2, -0.15) is 0 Å². The normalized spacial score (nSPS) is 26.0. The summed E-state index contributed by atoms with van der Waals surface area (Å²) in [6.45, 7) is 7.56. The highest BCUT2D eigenvalue weighted by molar-refractivity contribution is 14.1. The van der Waals surface area contributed by atoms with Crippen LogP contribution in [0.4, 0.5) is 0 Å². The van der Waals surface area contributed by atoms with Crippen LogP contribution in [0.15, 0.2) is 59.2 Å². The Bertz CT molecular complexity index is 1480. The van der Waals surface area contributed by atoms with E-state index in [0.29, 0.717) is 18.8 Å². The highest BCUT2D eigenvalue weighted by Crippen LogP contribution is 2.51. The van der Waals surface area contributed by atoms with Crippen molar-refractivity contribution in [3.05, 3.63) is 73.9 Å². The van der Waals surface area contributed by atoms with Crippen LogP contribution in [0.3, 0.4) is 0 Å². The lowest BCUT2D eigenvalue weighted by atomic mass is 9.69. The molecule has 0 bridgehead atoms. The molecule has 240 valence electrons. The molecule has 1 aliphatic carbocycles. The van der Waals surface area contributed by atoms with Crippen molar-refractivity contribution in [2.75, 3.05) is 26.8 Å². The summed E-state index contributed by atoms with van der Waals surface area (Å²) in [5.41, 5.74) is 6.23. The second kappa shape index (κ2) is 14.0. The number of allylic oxidation sites excluding steroid dienone is 2. The Morgan fingerprint density at radius 1 is 1.09 bits per heavy atom. The molecule has 3 fully saturated rings. The topological polar surface area (TPSA) is 79.3 Å². The third kappa shape index (κ3) is 6.47. The summed E-state index contributed by atoms with van der Waals surface area (Å²) < 4.78 is 12.6. The molecule has 3 aliphatic heterocycles. The van der Waals surface area contributed by atoms with Gasteiger partial charge in [-0.1, -0.05) is 61.4 Å². The van der Waals surface area contributed by atoms with Gasteiger partial charge in [0.15, 0.2) is 11.5 Å². The minimum atomic E-state index is -0.289. The number of piperidine rings is 1. The van der Waals surface area contributed by atoms with Crippen LogP contribution in [0.1, 0.15) is 69.9 Å². The van der Waals surface area contributed by atoms with Gasteiger partial charge in [0.2, 0.25) is 11.8 Å². The molecular formula is C37H45IN2O5. The van der Waals surface area contributed by atoms with E-state index in [-0.39, 0.29) is 47.5 Å². The molecular weight excluding hydrogens is 679 g/mol. The van der Waals surface area contributed by atoms with Crippen LogP contribution in [-0.4, -0.2) is 65.7 Å². The van der Waals surface area contributed by atoms with E-state index in [9.17, 15) is 14.7 Å². The van der Waals surface area contributed by atoms with Gasteiger partial charge in [0.1, 0.15) is 0 Å². The first-order valence-corrected chi connectivity index (χ1v) is 17.6. The standard InChI is InChI=1S/C37H45IN2O5/c1-4-23(17-25-18-30(38)35(41)32(19-25)44-3)11-12-31-33-26(5-2)20-28-34(29(33)22-45-31)37(43)40(36(28)42)27-13-15-39(16-14-27)21-24-9-7-6-8-10-24/h6-10,17-19,27-29,31,34,41H,4-5,11-16,20-22H2,1-3H3/b23-17+/t28-,29+,31-,34-/m1/s1. The summed E-state index contributed by atoms with van der Waals surface area (Å²) in [5.74, 6) is 0.198. The van der Waals surface area contributed by atoms with Crippen molar-refractivity contribution in [2.24, 2.45) is 17.8 Å². The number of likely N-dealkylation sites (tertiary alicyclic amines) is 2. The van der Waals surface area contributed by atoms with Crippen molar-refractivity contribution in [1.82, 2.24) is 9.80 Å². The molecule has 2 aromatic rings. The van der Waals surface area contributed by atoms with Gasteiger partial charge in [-0.05, 0) is 96.4 Å². The highest BCUT2D eigenvalue weighted by atomic mass is 127. The maximum atomic E-state index is 14.1. The number of ether oxygens (including phenoxy) is 2. The van der Waals surface area contributed by atoms with Crippen LogP contribution < -0.4 is 4.74 Å². The average Bonchev–Trinajstić information content (AvgIpc) is 3.59. The number of carbonyl (C=O) groups is 2. The molecule has 4 atom stereocenters. The van der Waals surface area contributed by atoms with Gasteiger partial charge in [0.05, 0.1) is 35.2 Å². The Kier molecular flexibility index (Phi) is 10.0. The van der Waals surface area contributed by atoms with Crippen LogP contribution in [0.25, 0.3) is 6.08 Å². The maximum absolute atomic E-state index is 14.1. The van der Waals surface area contributed by atoms with Crippen molar-refractivity contribution in [3.63, 3.8) is 0 Å². The van der Waals surface area contributed by atoms with Crippen molar-refractivity contribution in [2.45, 2.75) is 77.5 Å². The molecule has 7 nitrogen and oxygen atoms in total. The van der Waals surface area contributed by atoms with Gasteiger partial charge in [0.25, 0.3) is 0 Å². The number of phenols is 1. The number of imide groups is 1. The molecule has 4 aliphatic rings. The summed E-state index contributed by atoms with van der Waals surface area (Å²) in [6.07, 6.45) is 8.05. The summed E-state index contributed by atoms with van der Waals surface area (Å²) in [7, 11) is 1.57. The van der Waals surface area contributed by atoms with Crippen molar-refractivity contribution in [3.8, 4) is 11.5 Å². The molecule has 8 heteroatoms. The second-order valence-electron chi connectivity index (χ2n) is 13.0. The lowest BCUT2D eigenvalue weighted by Crippen LogP contribution is -2.47. The molecule has 1 N–H and O–H groups in total. The number of benzene rings is 2. The van der Waals surface area contributed by atoms with Gasteiger partial charge in [-0.3, -0.25) is 19.4 Å². The fraction of sp³-hybridized carbons (Fsp3) is 0.514. The number of hydrogen-bond donors (Lipinski definition) is 1. The fourth-order valence-electron chi connectivity index (χ4n) is 8.11. The van der Waals surface area contributed by atoms with E-state index in [1.54, 1.807) is 12.0 Å². The van der Waals surface area contributed by atoms with Crippen LogP contribution in [-0.2, 0) is 20.9 Å². The average molecular weight is 725 g/mol. The SMILES string of the molecule is CCC1=C2[C@@H](CC/C(=C/c3cc(I)c(O)c(OC)c3)CC)OC[C@@H]2[C@@H]2C(=O)N(C3CCN(Cc4ccccc4)CC3)C(=O)[C@@H]2C1. The van der Waals surface area contributed by atoms with Crippen LogP contribution in [0.2, 0.25) is 0 Å². The van der Waals surface area contributed by atoms with E-state index < -0.39 is 0 Å². The van der Waals surface area contributed by atoms with E-state index in [0.717, 1.165) is 67.3 Å². The van der Waals surface area contributed by atoms with E-state index in [1.807, 2.05) is 18.2 Å². The molecule has 0 spiro atoms. The van der Waals surface area contributed by atoms with Gasteiger partial charge in [-0.15, -0.1) is 0 Å². The number of aromatic hydroxyl groups is 1. The predicted octanol–water partition coefficient (Wildman–Crippen LogP) is 6.97. The first-order chi connectivity index (χ1) is 21.8. The Hall–Kier alpha value is -2.69. The molecule has 0 saturated carbocycles. The molecule has 0 radical (unpaired) electrons. The number of amides is 2. The fourth-order valence-corrected chi connectivity index (χ4v) is 8.73. The third-order valence-electron chi connectivity index (χ3n) is 10.5. The Labute approximate surface area is 280 Å². The Balaban J connectivity index is 1.13.